The van der Waals surface area contributed by atoms with Crippen LogP contribution < -0.4 is 11.1 Å². The van der Waals surface area contributed by atoms with Crippen LogP contribution in [0.25, 0.3) is 0 Å². The summed E-state index contributed by atoms with van der Waals surface area (Å²) < 4.78 is 1.70. The fourth-order valence-electron chi connectivity index (χ4n) is 1.62. The lowest BCUT2D eigenvalue weighted by molar-refractivity contribution is 0.619. The monoisotopic (exact) mass is 245 g/mol. The van der Waals surface area contributed by atoms with Gasteiger partial charge in [-0.05, 0) is 26.3 Å². The summed E-state index contributed by atoms with van der Waals surface area (Å²) in [6.45, 7) is 6.80. The molecule has 2 rings (SSSR count). The molecule has 96 valence electrons. The molecule has 1 heterocycles. The van der Waals surface area contributed by atoms with Gasteiger partial charge in [-0.25, -0.2) is 4.68 Å². The van der Waals surface area contributed by atoms with E-state index < -0.39 is 0 Å². The third kappa shape index (κ3) is 3.23. The van der Waals surface area contributed by atoms with E-state index in [2.05, 4.69) is 36.2 Å². The summed E-state index contributed by atoms with van der Waals surface area (Å²) in [5.74, 6) is 0.988. The lowest BCUT2D eigenvalue weighted by Crippen LogP contribution is -2.26. The highest BCUT2D eigenvalue weighted by Gasteiger charge is 2.14. The van der Waals surface area contributed by atoms with Crippen LogP contribution in [0.1, 0.15) is 26.3 Å². The molecule has 0 atom stereocenters. The molecule has 0 saturated heterocycles. The highest BCUT2D eigenvalue weighted by molar-refractivity contribution is 5.34. The molecule has 2 aromatic rings. The Hall–Kier alpha value is -2.04. The van der Waals surface area contributed by atoms with E-state index in [0.29, 0.717) is 18.4 Å². The normalized spacial score (nSPS) is 11.5. The average molecular weight is 245 g/mol. The van der Waals surface area contributed by atoms with Gasteiger partial charge in [0.15, 0.2) is 0 Å². The lowest BCUT2D eigenvalue weighted by atomic mass is 10.1. The molecule has 5 nitrogen and oxygen atoms in total. The van der Waals surface area contributed by atoms with Crippen molar-refractivity contribution in [1.29, 1.82) is 0 Å². The van der Waals surface area contributed by atoms with Crippen LogP contribution >= 0.6 is 0 Å². The highest BCUT2D eigenvalue weighted by atomic mass is 15.4. The summed E-state index contributed by atoms with van der Waals surface area (Å²) in [4.78, 5) is 4.21. The largest absolute Gasteiger partial charge is 0.368 e. The van der Waals surface area contributed by atoms with Gasteiger partial charge in [0.05, 0.1) is 6.54 Å². The Kier molecular flexibility index (Phi) is 3.23. The second kappa shape index (κ2) is 4.68. The van der Waals surface area contributed by atoms with Crippen molar-refractivity contribution in [1.82, 2.24) is 14.8 Å². The van der Waals surface area contributed by atoms with Crippen molar-refractivity contribution < 1.29 is 0 Å². The Morgan fingerprint density at radius 2 is 1.89 bits per heavy atom. The van der Waals surface area contributed by atoms with Gasteiger partial charge in [0.1, 0.15) is 0 Å². The number of hydrogen-bond donors (Lipinski definition) is 2. The van der Waals surface area contributed by atoms with E-state index in [1.165, 1.54) is 0 Å². The van der Waals surface area contributed by atoms with Gasteiger partial charge in [0, 0.05) is 5.54 Å². The van der Waals surface area contributed by atoms with E-state index in [9.17, 15) is 0 Å². The predicted octanol–water partition coefficient (Wildman–Crippen LogP) is 2.12. The Labute approximate surface area is 107 Å². The molecule has 1 aromatic carbocycles. The molecule has 0 aliphatic carbocycles. The molecule has 5 heteroatoms. The zero-order valence-electron chi connectivity index (χ0n) is 11.0. The summed E-state index contributed by atoms with van der Waals surface area (Å²) in [6.07, 6.45) is 0. The number of anilines is 2. The number of nitrogens with one attached hydrogen (secondary N) is 1. The van der Waals surface area contributed by atoms with Crippen molar-refractivity contribution in [2.24, 2.45) is 0 Å². The average Bonchev–Trinajstić information content (AvgIpc) is 2.58. The number of aromatic nitrogens is 3. The van der Waals surface area contributed by atoms with Gasteiger partial charge < -0.3 is 11.1 Å². The Bertz CT molecular complexity index is 510. The van der Waals surface area contributed by atoms with E-state index in [1.807, 2.05) is 30.3 Å². The molecule has 18 heavy (non-hydrogen) atoms. The van der Waals surface area contributed by atoms with E-state index in [4.69, 9.17) is 5.73 Å². The molecule has 0 saturated carbocycles. The quantitative estimate of drug-likeness (QED) is 0.869. The second-order valence-corrected chi connectivity index (χ2v) is 5.31. The van der Waals surface area contributed by atoms with Crippen molar-refractivity contribution >= 4 is 11.9 Å². The summed E-state index contributed by atoms with van der Waals surface area (Å²) in [5.41, 5.74) is 6.93. The van der Waals surface area contributed by atoms with Crippen molar-refractivity contribution in [2.75, 3.05) is 11.1 Å². The Morgan fingerprint density at radius 3 is 2.50 bits per heavy atom. The van der Waals surface area contributed by atoms with Crippen LogP contribution in [0.4, 0.5) is 11.9 Å². The Balaban J connectivity index is 2.15. The second-order valence-electron chi connectivity index (χ2n) is 5.31. The van der Waals surface area contributed by atoms with E-state index in [1.54, 1.807) is 4.68 Å². The smallest absolute Gasteiger partial charge is 0.244 e. The van der Waals surface area contributed by atoms with Gasteiger partial charge in [0.25, 0.3) is 0 Å². The van der Waals surface area contributed by atoms with Crippen molar-refractivity contribution in [2.45, 2.75) is 32.9 Å². The summed E-state index contributed by atoms with van der Waals surface area (Å²) in [7, 11) is 0. The van der Waals surface area contributed by atoms with Crippen LogP contribution in [0.2, 0.25) is 0 Å². The molecule has 0 spiro atoms. The van der Waals surface area contributed by atoms with E-state index in [0.717, 1.165) is 5.56 Å². The molecule has 0 unspecified atom stereocenters. The number of nitrogen functional groups attached to an aromatic ring is 1. The fraction of sp³-hybridized carbons (Fsp3) is 0.385. The maximum absolute atomic E-state index is 5.86. The third-order valence-corrected chi connectivity index (χ3v) is 2.36. The van der Waals surface area contributed by atoms with Crippen LogP contribution in [0.5, 0.6) is 0 Å². The minimum atomic E-state index is -0.0780. The molecule has 0 aliphatic heterocycles. The molecule has 0 fully saturated rings. The highest BCUT2D eigenvalue weighted by Crippen LogP contribution is 2.13. The van der Waals surface area contributed by atoms with Crippen molar-refractivity contribution in [3.63, 3.8) is 0 Å². The summed E-state index contributed by atoms with van der Waals surface area (Å²) in [6, 6.07) is 10.1. The number of nitrogens with two attached hydrogens (primary N) is 1. The van der Waals surface area contributed by atoms with Crippen molar-refractivity contribution in [3.05, 3.63) is 35.9 Å². The Morgan fingerprint density at radius 1 is 1.22 bits per heavy atom. The maximum atomic E-state index is 5.86. The number of benzene rings is 1. The number of nitrogens with zero attached hydrogens (tertiary/aromatic N) is 3. The minimum Gasteiger partial charge on any atom is -0.368 e. The van der Waals surface area contributed by atoms with Crippen LogP contribution in [0.15, 0.2) is 30.3 Å². The number of rotatable bonds is 3. The van der Waals surface area contributed by atoms with Gasteiger partial charge in [-0.3, -0.25) is 0 Å². The first kappa shape index (κ1) is 12.4. The molecule has 0 aliphatic rings. The van der Waals surface area contributed by atoms with Crippen LogP contribution in [0, 0.1) is 0 Å². The first-order chi connectivity index (χ1) is 8.44. The first-order valence-corrected chi connectivity index (χ1v) is 5.96. The first-order valence-electron chi connectivity index (χ1n) is 5.96. The molecule has 3 N–H and O–H groups in total. The van der Waals surface area contributed by atoms with Crippen LogP contribution in [0.3, 0.4) is 0 Å². The zero-order chi connectivity index (χ0) is 13.2. The molecule has 0 bridgehead atoms. The van der Waals surface area contributed by atoms with Gasteiger partial charge in [0.2, 0.25) is 11.9 Å². The third-order valence-electron chi connectivity index (χ3n) is 2.36. The predicted molar refractivity (Wildman–Crippen MR) is 73.4 cm³/mol. The standard InChI is InChI=1S/C13H19N5/c1-13(2,3)16-12-15-11(14)18(17-12)9-10-7-5-4-6-8-10/h4-8H,9H2,1-3H3,(H3,14,15,16,17). The summed E-state index contributed by atoms with van der Waals surface area (Å²) in [5, 5.41) is 7.56. The van der Waals surface area contributed by atoms with Crippen LogP contribution in [-0.4, -0.2) is 20.3 Å². The van der Waals surface area contributed by atoms with Gasteiger partial charge in [-0.15, -0.1) is 5.10 Å². The fourth-order valence-corrected chi connectivity index (χ4v) is 1.62. The lowest BCUT2D eigenvalue weighted by Gasteiger charge is -2.18. The van der Waals surface area contributed by atoms with E-state index >= 15 is 0 Å². The zero-order valence-corrected chi connectivity index (χ0v) is 11.0. The maximum Gasteiger partial charge on any atom is 0.244 e. The topological polar surface area (TPSA) is 68.8 Å². The van der Waals surface area contributed by atoms with Gasteiger partial charge >= 0.3 is 0 Å². The minimum absolute atomic E-state index is 0.0780. The molecule has 0 amide bonds. The van der Waals surface area contributed by atoms with Gasteiger partial charge in [-0.1, -0.05) is 30.3 Å². The number of hydrogen-bond acceptors (Lipinski definition) is 4. The molecular weight excluding hydrogens is 226 g/mol. The summed E-state index contributed by atoms with van der Waals surface area (Å²) >= 11 is 0. The van der Waals surface area contributed by atoms with E-state index in [-0.39, 0.29) is 5.54 Å². The molecule has 0 radical (unpaired) electrons. The van der Waals surface area contributed by atoms with Crippen molar-refractivity contribution in [3.8, 4) is 0 Å². The van der Waals surface area contributed by atoms with Gasteiger partial charge in [-0.2, -0.15) is 4.98 Å². The SMILES string of the molecule is CC(C)(C)Nc1nc(N)n(Cc2ccccc2)n1. The molecular formula is C13H19N5. The molecule has 1 aromatic heterocycles. The van der Waals surface area contributed by atoms with Crippen LogP contribution in [-0.2, 0) is 6.54 Å².